The fourth-order valence-electron chi connectivity index (χ4n) is 1.55. The Labute approximate surface area is 114 Å². The van der Waals surface area contributed by atoms with Gasteiger partial charge in [-0.3, -0.25) is 0 Å². The lowest BCUT2D eigenvalue weighted by molar-refractivity contribution is -0.138. The smallest absolute Gasteiger partial charge is 0.398 e. The first kappa shape index (κ1) is 15.6. The molecule has 0 aliphatic heterocycles. The van der Waals surface area contributed by atoms with Gasteiger partial charge in [0.15, 0.2) is 0 Å². The number of benzene rings is 1. The molecule has 0 fully saturated rings. The van der Waals surface area contributed by atoms with Crippen LogP contribution in [0, 0.1) is 0 Å². The molecule has 0 spiro atoms. The summed E-state index contributed by atoms with van der Waals surface area (Å²) in [5, 5.41) is 0. The Hall–Kier alpha value is -0.490. The van der Waals surface area contributed by atoms with Crippen molar-refractivity contribution in [2.45, 2.75) is 30.2 Å². The van der Waals surface area contributed by atoms with Gasteiger partial charge in [0.05, 0.1) is 5.56 Å². The standard InChI is InChI=1S/C12H16F3NS2/c1-3-6-18-10-5-4-9(12(13,14)15)8(7-17-2)11(10)16/h4-5H,3,6-7,16H2,1-2H3. The van der Waals surface area contributed by atoms with Gasteiger partial charge in [0, 0.05) is 16.3 Å². The predicted octanol–water partition coefficient (Wildman–Crippen LogP) is 4.65. The van der Waals surface area contributed by atoms with E-state index in [1.807, 2.05) is 6.92 Å². The van der Waals surface area contributed by atoms with Crippen LogP contribution in [0.1, 0.15) is 24.5 Å². The molecular formula is C12H16F3NS2. The number of hydrogen-bond donors (Lipinski definition) is 1. The highest BCUT2D eigenvalue weighted by molar-refractivity contribution is 7.99. The van der Waals surface area contributed by atoms with E-state index in [2.05, 4.69) is 0 Å². The van der Waals surface area contributed by atoms with E-state index in [4.69, 9.17) is 5.73 Å². The Balaban J connectivity index is 3.19. The molecule has 0 radical (unpaired) electrons. The maximum absolute atomic E-state index is 12.9. The summed E-state index contributed by atoms with van der Waals surface area (Å²) in [4.78, 5) is 0.744. The number of nitrogens with two attached hydrogens (primary N) is 1. The summed E-state index contributed by atoms with van der Waals surface area (Å²) in [7, 11) is 0. The first-order chi connectivity index (χ1) is 8.41. The number of anilines is 1. The van der Waals surface area contributed by atoms with E-state index in [1.54, 1.807) is 6.26 Å². The molecule has 6 heteroatoms. The molecule has 0 amide bonds. The molecule has 1 aromatic carbocycles. The zero-order valence-corrected chi connectivity index (χ0v) is 11.9. The van der Waals surface area contributed by atoms with Gasteiger partial charge >= 0.3 is 6.18 Å². The van der Waals surface area contributed by atoms with Gasteiger partial charge in [-0.1, -0.05) is 6.92 Å². The van der Waals surface area contributed by atoms with E-state index in [1.165, 1.54) is 29.6 Å². The number of halogens is 3. The highest BCUT2D eigenvalue weighted by Gasteiger charge is 2.34. The zero-order valence-electron chi connectivity index (χ0n) is 10.3. The first-order valence-corrected chi connectivity index (χ1v) is 7.90. The van der Waals surface area contributed by atoms with E-state index in [0.29, 0.717) is 0 Å². The molecule has 0 aliphatic rings. The largest absolute Gasteiger partial charge is 0.416 e. The second kappa shape index (κ2) is 6.61. The first-order valence-electron chi connectivity index (χ1n) is 5.52. The Kier molecular flexibility index (Phi) is 5.72. The molecule has 0 unspecified atom stereocenters. The summed E-state index contributed by atoms with van der Waals surface area (Å²) < 4.78 is 38.6. The summed E-state index contributed by atoms with van der Waals surface area (Å²) in [5.74, 6) is 1.13. The molecule has 1 aromatic rings. The van der Waals surface area contributed by atoms with Crippen LogP contribution in [0.5, 0.6) is 0 Å². The van der Waals surface area contributed by atoms with Gasteiger partial charge in [-0.15, -0.1) is 11.8 Å². The van der Waals surface area contributed by atoms with Crippen LogP contribution in [-0.4, -0.2) is 12.0 Å². The van der Waals surface area contributed by atoms with Crippen LogP contribution < -0.4 is 5.73 Å². The fraction of sp³-hybridized carbons (Fsp3) is 0.500. The van der Waals surface area contributed by atoms with E-state index in [0.717, 1.165) is 23.1 Å². The van der Waals surface area contributed by atoms with Gasteiger partial charge < -0.3 is 5.73 Å². The lowest BCUT2D eigenvalue weighted by Gasteiger charge is -2.17. The van der Waals surface area contributed by atoms with Crippen LogP contribution >= 0.6 is 23.5 Å². The number of nitrogen functional groups attached to an aromatic ring is 1. The number of hydrogen-bond acceptors (Lipinski definition) is 3. The Bertz CT molecular complexity index is 405. The number of thioether (sulfide) groups is 2. The molecular weight excluding hydrogens is 279 g/mol. The summed E-state index contributed by atoms with van der Waals surface area (Å²) in [6.45, 7) is 2.02. The summed E-state index contributed by atoms with van der Waals surface area (Å²) in [6, 6.07) is 2.61. The van der Waals surface area contributed by atoms with Crippen molar-refractivity contribution in [1.29, 1.82) is 0 Å². The van der Waals surface area contributed by atoms with Gasteiger partial charge in [0.25, 0.3) is 0 Å². The van der Waals surface area contributed by atoms with Gasteiger partial charge in [0.1, 0.15) is 0 Å². The molecule has 0 heterocycles. The van der Waals surface area contributed by atoms with Crippen LogP contribution in [0.4, 0.5) is 18.9 Å². The van der Waals surface area contributed by atoms with E-state index in [9.17, 15) is 13.2 Å². The lowest BCUT2D eigenvalue weighted by Crippen LogP contribution is -2.11. The Morgan fingerprint density at radius 3 is 2.44 bits per heavy atom. The van der Waals surface area contributed by atoms with Crippen LogP contribution in [0.15, 0.2) is 17.0 Å². The second-order valence-electron chi connectivity index (χ2n) is 3.78. The Morgan fingerprint density at radius 2 is 1.94 bits per heavy atom. The van der Waals surface area contributed by atoms with E-state index in [-0.39, 0.29) is 17.0 Å². The van der Waals surface area contributed by atoms with Gasteiger partial charge in [-0.25, -0.2) is 0 Å². The van der Waals surface area contributed by atoms with Crippen LogP contribution in [0.3, 0.4) is 0 Å². The third-order valence-electron chi connectivity index (χ3n) is 2.37. The second-order valence-corrected chi connectivity index (χ2v) is 5.79. The molecule has 0 saturated carbocycles. The maximum Gasteiger partial charge on any atom is 0.416 e. The number of rotatable bonds is 5. The fourth-order valence-corrected chi connectivity index (χ4v) is 3.01. The molecule has 0 bridgehead atoms. The monoisotopic (exact) mass is 295 g/mol. The van der Waals surface area contributed by atoms with Crippen molar-refractivity contribution in [1.82, 2.24) is 0 Å². The van der Waals surface area contributed by atoms with Gasteiger partial charge in [-0.05, 0) is 36.1 Å². The highest BCUT2D eigenvalue weighted by Crippen LogP contribution is 2.39. The van der Waals surface area contributed by atoms with Crippen molar-refractivity contribution in [2.75, 3.05) is 17.7 Å². The van der Waals surface area contributed by atoms with E-state index >= 15 is 0 Å². The summed E-state index contributed by atoms with van der Waals surface area (Å²) in [5.41, 5.74) is 5.74. The molecule has 102 valence electrons. The quantitative estimate of drug-likeness (QED) is 0.632. The van der Waals surface area contributed by atoms with Crippen LogP contribution in [0.25, 0.3) is 0 Å². The van der Waals surface area contributed by atoms with Gasteiger partial charge in [0.2, 0.25) is 0 Å². The highest BCUT2D eigenvalue weighted by atomic mass is 32.2. The molecule has 0 aromatic heterocycles. The van der Waals surface area contributed by atoms with Crippen LogP contribution in [0.2, 0.25) is 0 Å². The van der Waals surface area contributed by atoms with Gasteiger partial charge in [-0.2, -0.15) is 24.9 Å². The summed E-state index contributed by atoms with van der Waals surface area (Å²) in [6.07, 6.45) is -1.61. The van der Waals surface area contributed by atoms with Crippen LogP contribution in [-0.2, 0) is 11.9 Å². The lowest BCUT2D eigenvalue weighted by atomic mass is 10.1. The normalized spacial score (nSPS) is 11.8. The minimum Gasteiger partial charge on any atom is -0.398 e. The van der Waals surface area contributed by atoms with Crippen molar-refractivity contribution in [3.05, 3.63) is 23.3 Å². The molecule has 0 aliphatic carbocycles. The average Bonchev–Trinajstić information content (AvgIpc) is 2.29. The molecule has 1 nitrogen and oxygen atoms in total. The van der Waals surface area contributed by atoms with E-state index < -0.39 is 11.7 Å². The average molecular weight is 295 g/mol. The summed E-state index contributed by atoms with van der Waals surface area (Å²) >= 11 is 2.85. The molecule has 18 heavy (non-hydrogen) atoms. The maximum atomic E-state index is 12.9. The van der Waals surface area contributed by atoms with Crippen molar-refractivity contribution in [3.8, 4) is 0 Å². The minimum absolute atomic E-state index is 0.205. The van der Waals surface area contributed by atoms with Crippen molar-refractivity contribution >= 4 is 29.2 Å². The predicted molar refractivity (Wildman–Crippen MR) is 74.1 cm³/mol. The topological polar surface area (TPSA) is 26.0 Å². The van der Waals surface area contributed by atoms with Crippen molar-refractivity contribution in [2.24, 2.45) is 0 Å². The third kappa shape index (κ3) is 3.75. The third-order valence-corrected chi connectivity index (χ3v) is 4.23. The SMILES string of the molecule is CCCSc1ccc(C(F)(F)F)c(CSC)c1N. The molecule has 1 rings (SSSR count). The molecule has 0 atom stereocenters. The zero-order chi connectivity index (χ0) is 13.8. The molecule has 2 N–H and O–H groups in total. The number of alkyl halides is 3. The molecule has 0 saturated heterocycles. The minimum atomic E-state index is -4.34. The van der Waals surface area contributed by atoms with Crippen molar-refractivity contribution < 1.29 is 13.2 Å². The van der Waals surface area contributed by atoms with Crippen molar-refractivity contribution in [3.63, 3.8) is 0 Å². The Morgan fingerprint density at radius 1 is 1.28 bits per heavy atom.